The summed E-state index contributed by atoms with van der Waals surface area (Å²) in [6.45, 7) is 2.60. The first-order chi connectivity index (χ1) is 13.8. The van der Waals surface area contributed by atoms with E-state index in [4.69, 9.17) is 4.74 Å². The lowest BCUT2D eigenvalue weighted by atomic mass is 10.1. The van der Waals surface area contributed by atoms with E-state index in [0.29, 0.717) is 15.6 Å². The second-order valence-corrected chi connectivity index (χ2v) is 7.39. The van der Waals surface area contributed by atoms with E-state index in [9.17, 15) is 19.5 Å². The van der Waals surface area contributed by atoms with Crippen LogP contribution in [0.4, 0.5) is 5.69 Å². The number of carbonyl (C=O) groups excluding carboxylic acids is 3. The molecule has 7 nitrogen and oxygen atoms in total. The molecule has 3 aromatic rings. The van der Waals surface area contributed by atoms with Gasteiger partial charge in [0.05, 0.1) is 16.4 Å². The predicted octanol–water partition coefficient (Wildman–Crippen LogP) is 3.82. The van der Waals surface area contributed by atoms with Gasteiger partial charge in [-0.2, -0.15) is 0 Å². The predicted molar refractivity (Wildman–Crippen MR) is 109 cm³/mol. The van der Waals surface area contributed by atoms with Gasteiger partial charge in [0.15, 0.2) is 12.4 Å². The molecule has 0 radical (unpaired) electrons. The topological polar surface area (TPSA) is 106 Å². The number of hydrogen-bond acceptors (Lipinski definition) is 7. The largest absolute Gasteiger partial charge is 0.506 e. The van der Waals surface area contributed by atoms with Crippen molar-refractivity contribution in [3.05, 3.63) is 64.0 Å². The van der Waals surface area contributed by atoms with Crippen molar-refractivity contribution in [1.29, 1.82) is 0 Å². The first-order valence-electron chi connectivity index (χ1n) is 8.69. The number of Topliss-reactive ketones (excluding diaryl/α,β-unsaturated/α-hetero) is 1. The van der Waals surface area contributed by atoms with Crippen molar-refractivity contribution in [1.82, 2.24) is 4.98 Å². The number of phenols is 1. The summed E-state index contributed by atoms with van der Waals surface area (Å²) < 4.78 is 5.20. The highest BCUT2D eigenvalue weighted by molar-refractivity contribution is 7.14. The normalized spacial score (nSPS) is 10.4. The first-order valence-corrected chi connectivity index (χ1v) is 9.50. The molecule has 0 aliphatic heterocycles. The van der Waals surface area contributed by atoms with E-state index in [1.807, 2.05) is 30.3 Å². The third kappa shape index (κ3) is 4.85. The van der Waals surface area contributed by atoms with Crippen LogP contribution in [0.25, 0.3) is 11.3 Å². The van der Waals surface area contributed by atoms with Crippen molar-refractivity contribution in [2.45, 2.75) is 13.8 Å². The maximum atomic E-state index is 12.6. The van der Waals surface area contributed by atoms with Crippen LogP contribution in [0, 0.1) is 6.92 Å². The van der Waals surface area contributed by atoms with Crippen LogP contribution in [-0.2, 0) is 9.53 Å². The zero-order valence-electron chi connectivity index (χ0n) is 15.8. The van der Waals surface area contributed by atoms with Crippen molar-refractivity contribution >= 4 is 34.7 Å². The second kappa shape index (κ2) is 8.66. The number of benzene rings is 2. The van der Waals surface area contributed by atoms with Crippen LogP contribution in [0.3, 0.4) is 0 Å². The molecule has 29 heavy (non-hydrogen) atoms. The van der Waals surface area contributed by atoms with Gasteiger partial charge in [-0.1, -0.05) is 30.3 Å². The molecular weight excluding hydrogens is 392 g/mol. The Labute approximate surface area is 171 Å². The molecule has 1 amide bonds. The SMILES string of the molecule is CC(=O)Nc1cc(C(=O)COC(=O)c2sc(C)nc2-c2ccccc2)ccc1O. The van der Waals surface area contributed by atoms with Gasteiger partial charge in [-0.25, -0.2) is 9.78 Å². The summed E-state index contributed by atoms with van der Waals surface area (Å²) in [5.74, 6) is -1.65. The molecule has 148 valence electrons. The molecule has 3 rings (SSSR count). The van der Waals surface area contributed by atoms with E-state index in [0.717, 1.165) is 5.56 Å². The average molecular weight is 410 g/mol. The molecular formula is C21H18N2O5S. The number of amides is 1. The van der Waals surface area contributed by atoms with Crippen LogP contribution >= 0.6 is 11.3 Å². The standard InChI is InChI=1S/C21H18N2O5S/c1-12(24)22-16-10-15(8-9-17(16)25)18(26)11-28-21(27)20-19(23-13(2)29-20)14-6-4-3-5-7-14/h3-10,25H,11H2,1-2H3,(H,22,24). The van der Waals surface area contributed by atoms with Gasteiger partial charge in [0, 0.05) is 18.1 Å². The zero-order valence-corrected chi connectivity index (χ0v) is 16.6. The van der Waals surface area contributed by atoms with Crippen LogP contribution in [0.2, 0.25) is 0 Å². The van der Waals surface area contributed by atoms with Crippen molar-refractivity contribution < 1.29 is 24.2 Å². The van der Waals surface area contributed by atoms with Crippen LogP contribution in [0.1, 0.15) is 32.0 Å². The molecule has 0 aliphatic carbocycles. The Balaban J connectivity index is 1.73. The van der Waals surface area contributed by atoms with Gasteiger partial charge in [0.1, 0.15) is 10.6 Å². The smallest absolute Gasteiger partial charge is 0.351 e. The Kier molecular flexibility index (Phi) is 6.04. The summed E-state index contributed by atoms with van der Waals surface area (Å²) >= 11 is 1.20. The lowest BCUT2D eigenvalue weighted by Gasteiger charge is -2.08. The highest BCUT2D eigenvalue weighted by atomic mass is 32.1. The maximum absolute atomic E-state index is 12.6. The molecule has 0 saturated carbocycles. The third-order valence-electron chi connectivity index (χ3n) is 3.93. The van der Waals surface area contributed by atoms with Crippen molar-refractivity contribution in [3.8, 4) is 17.0 Å². The maximum Gasteiger partial charge on any atom is 0.351 e. The molecule has 1 aromatic heterocycles. The number of anilines is 1. The van der Waals surface area contributed by atoms with Crippen LogP contribution in [-0.4, -0.2) is 34.4 Å². The first kappa shape index (κ1) is 20.2. The van der Waals surface area contributed by atoms with E-state index in [1.54, 1.807) is 6.92 Å². The Morgan fingerprint density at radius 1 is 1.14 bits per heavy atom. The summed E-state index contributed by atoms with van der Waals surface area (Å²) in [5.41, 5.74) is 1.61. The monoisotopic (exact) mass is 410 g/mol. The van der Waals surface area contributed by atoms with E-state index in [1.165, 1.54) is 36.5 Å². The Bertz CT molecular complexity index is 1080. The number of thiazole rings is 1. The Morgan fingerprint density at radius 2 is 1.86 bits per heavy atom. The number of hydrogen-bond donors (Lipinski definition) is 2. The molecule has 0 bridgehead atoms. The van der Waals surface area contributed by atoms with E-state index >= 15 is 0 Å². The molecule has 0 atom stereocenters. The number of nitrogens with zero attached hydrogens (tertiary/aromatic N) is 1. The molecule has 0 spiro atoms. The number of esters is 1. The summed E-state index contributed by atoms with van der Waals surface area (Å²) in [4.78, 5) is 40.9. The number of aromatic nitrogens is 1. The number of aryl methyl sites for hydroxylation is 1. The number of aromatic hydroxyl groups is 1. The van der Waals surface area contributed by atoms with Gasteiger partial charge in [-0.3, -0.25) is 9.59 Å². The number of nitrogens with one attached hydrogen (secondary N) is 1. The summed E-state index contributed by atoms with van der Waals surface area (Å²) in [6, 6.07) is 13.3. The highest BCUT2D eigenvalue weighted by Crippen LogP contribution is 2.29. The average Bonchev–Trinajstić information content (AvgIpc) is 3.09. The van der Waals surface area contributed by atoms with E-state index in [-0.39, 0.29) is 22.9 Å². The number of ketones is 1. The zero-order chi connectivity index (χ0) is 21.0. The Morgan fingerprint density at radius 3 is 2.55 bits per heavy atom. The van der Waals surface area contributed by atoms with Crippen LogP contribution in [0.15, 0.2) is 48.5 Å². The van der Waals surface area contributed by atoms with Gasteiger partial charge in [-0.05, 0) is 25.1 Å². The van der Waals surface area contributed by atoms with E-state index < -0.39 is 18.4 Å². The molecule has 0 saturated heterocycles. The minimum atomic E-state index is -0.635. The van der Waals surface area contributed by atoms with Gasteiger partial charge in [0.25, 0.3) is 0 Å². The third-order valence-corrected chi connectivity index (χ3v) is 4.88. The van der Waals surface area contributed by atoms with Gasteiger partial charge in [-0.15, -0.1) is 11.3 Å². The fourth-order valence-electron chi connectivity index (χ4n) is 2.64. The van der Waals surface area contributed by atoms with Crippen molar-refractivity contribution in [2.24, 2.45) is 0 Å². The second-order valence-electron chi connectivity index (χ2n) is 6.19. The Hall–Kier alpha value is -3.52. The molecule has 8 heteroatoms. The van der Waals surface area contributed by atoms with Crippen LogP contribution in [0.5, 0.6) is 5.75 Å². The van der Waals surface area contributed by atoms with Crippen molar-refractivity contribution in [3.63, 3.8) is 0 Å². The van der Waals surface area contributed by atoms with Crippen LogP contribution < -0.4 is 5.32 Å². The lowest BCUT2D eigenvalue weighted by Crippen LogP contribution is -2.15. The van der Waals surface area contributed by atoms with Crippen molar-refractivity contribution in [2.75, 3.05) is 11.9 Å². The molecule has 2 N–H and O–H groups in total. The molecule has 0 fully saturated rings. The minimum absolute atomic E-state index is 0.110. The van der Waals surface area contributed by atoms with E-state index in [2.05, 4.69) is 10.3 Å². The molecule has 1 heterocycles. The fourth-order valence-corrected chi connectivity index (χ4v) is 3.47. The fraction of sp³-hybridized carbons (Fsp3) is 0.143. The lowest BCUT2D eigenvalue weighted by molar-refractivity contribution is -0.114. The summed E-state index contributed by atoms with van der Waals surface area (Å²) in [7, 11) is 0. The number of phenolic OH excluding ortho intramolecular Hbond substituents is 1. The summed E-state index contributed by atoms with van der Waals surface area (Å²) in [6.07, 6.45) is 0. The number of rotatable bonds is 6. The van der Waals surface area contributed by atoms with Gasteiger partial charge < -0.3 is 15.2 Å². The quantitative estimate of drug-likeness (QED) is 0.364. The number of ether oxygens (including phenoxy) is 1. The highest BCUT2D eigenvalue weighted by Gasteiger charge is 2.21. The van der Waals surface area contributed by atoms with Gasteiger partial charge >= 0.3 is 5.97 Å². The minimum Gasteiger partial charge on any atom is -0.506 e. The molecule has 0 unspecified atom stereocenters. The summed E-state index contributed by atoms with van der Waals surface area (Å²) in [5, 5.41) is 12.9. The van der Waals surface area contributed by atoms with Gasteiger partial charge in [0.2, 0.25) is 5.91 Å². The molecule has 2 aromatic carbocycles. The molecule has 0 aliphatic rings. The number of carbonyl (C=O) groups is 3.